The van der Waals surface area contributed by atoms with Gasteiger partial charge in [0.2, 0.25) is 0 Å². The SMILES string of the molecule is CC(N)O[C@@H]1[C@@H](O)[C@H]2O[C@H]3[C@H](O)[C@@H](O)[C@@H](O[C@H]4[C@H](O)[C@@H](O)[C@@H](O[C@H]5[C@H](O)[C@@H](O)[C@@H](O[C@H]6[C@H](O)[C@@H](O)[C@@H](O[C@H]7[C@H](O)[C@@H](O)[C@@H](O[C@H]1[C@@H](CO)O2)O[C@@H]7CO)O[C@@H]6CO)O[C@@H]5CO)O[C@@H]4CO)O[C@@H]3CO. The number of hydrogen-bond acceptors (Lipinski definition) is 31. The summed E-state index contributed by atoms with van der Waals surface area (Å²) in [5.41, 5.74) is 5.92. The van der Waals surface area contributed by atoms with Crippen LogP contribution in [0.15, 0.2) is 0 Å². The molecule has 402 valence electrons. The largest absolute Gasteiger partial charge is 0.394 e. The van der Waals surface area contributed by atoms with Crippen molar-refractivity contribution < 1.29 is 148 Å². The van der Waals surface area contributed by atoms with Crippen molar-refractivity contribution in [1.82, 2.24) is 0 Å². The molecule has 0 spiro atoms. The smallest absolute Gasteiger partial charge is 0.187 e. The van der Waals surface area contributed by atoms with E-state index in [9.17, 15) is 86.8 Å². The van der Waals surface area contributed by atoms with Crippen molar-refractivity contribution in [1.29, 1.82) is 0 Å². The fourth-order valence-corrected chi connectivity index (χ4v) is 9.32. The molecule has 12 bridgehead atoms. The van der Waals surface area contributed by atoms with Gasteiger partial charge in [-0.05, 0) is 6.92 Å². The molecule has 31 atom stereocenters. The highest BCUT2D eigenvalue weighted by molar-refractivity contribution is 5.01. The topological polar surface area (TPSA) is 490 Å². The molecule has 22 fully saturated rings. The first-order chi connectivity index (χ1) is 32.8. The lowest BCUT2D eigenvalue weighted by Crippen LogP contribution is -2.69. The maximum absolute atomic E-state index is 11.6. The Bertz CT molecular complexity index is 1580. The van der Waals surface area contributed by atoms with Crippen LogP contribution in [-0.2, 0) is 61.6 Å². The van der Waals surface area contributed by atoms with Gasteiger partial charge in [0.25, 0.3) is 0 Å². The first-order valence-corrected chi connectivity index (χ1v) is 22.2. The molecule has 31 nitrogen and oxygen atoms in total. The van der Waals surface area contributed by atoms with E-state index in [1.54, 1.807) is 0 Å². The molecule has 22 aliphatic heterocycles. The molecule has 0 amide bonds. The fourth-order valence-electron chi connectivity index (χ4n) is 9.32. The molecular formula is C38H65NO30. The zero-order valence-electron chi connectivity index (χ0n) is 36.6. The summed E-state index contributed by atoms with van der Waals surface area (Å²) in [6, 6.07) is 0. The molecule has 0 saturated carbocycles. The first-order valence-electron chi connectivity index (χ1n) is 22.2. The molecule has 0 aliphatic carbocycles. The summed E-state index contributed by atoms with van der Waals surface area (Å²) < 4.78 is 74.7. The molecule has 0 radical (unpaired) electrons. The van der Waals surface area contributed by atoms with E-state index in [1.165, 1.54) is 6.92 Å². The van der Waals surface area contributed by atoms with E-state index in [0.29, 0.717) is 0 Å². The van der Waals surface area contributed by atoms with Crippen LogP contribution >= 0.6 is 0 Å². The summed E-state index contributed by atoms with van der Waals surface area (Å²) in [6.07, 6.45) is -58.7. The van der Waals surface area contributed by atoms with Gasteiger partial charge in [-0.15, -0.1) is 0 Å². The number of aliphatic hydroxyl groups excluding tert-OH is 17. The Balaban J connectivity index is 1.21. The fraction of sp³-hybridized carbons (Fsp3) is 1.00. The molecule has 0 aromatic heterocycles. The van der Waals surface area contributed by atoms with E-state index in [0.717, 1.165) is 0 Å². The molecule has 22 heterocycles. The van der Waals surface area contributed by atoms with Crippen molar-refractivity contribution in [2.24, 2.45) is 5.73 Å². The highest BCUT2D eigenvalue weighted by Gasteiger charge is 2.59. The highest BCUT2D eigenvalue weighted by Crippen LogP contribution is 2.38. The van der Waals surface area contributed by atoms with E-state index in [2.05, 4.69) is 0 Å². The summed E-state index contributed by atoms with van der Waals surface area (Å²) in [6.45, 7) is -4.59. The van der Waals surface area contributed by atoms with Crippen molar-refractivity contribution in [2.75, 3.05) is 39.6 Å². The normalized spacial score (nSPS) is 54.0. The van der Waals surface area contributed by atoms with Gasteiger partial charge in [-0.3, -0.25) is 0 Å². The minimum atomic E-state index is -2.15. The number of aliphatic hydroxyl groups is 17. The minimum absolute atomic E-state index is 0.955. The van der Waals surface area contributed by atoms with E-state index < -0.39 is 230 Å². The van der Waals surface area contributed by atoms with Crippen LogP contribution in [0, 0.1) is 0 Å². The Hall–Kier alpha value is -1.24. The lowest BCUT2D eigenvalue weighted by molar-refractivity contribution is -0.405. The van der Waals surface area contributed by atoms with E-state index in [1.807, 2.05) is 0 Å². The number of ether oxygens (including phenoxy) is 13. The van der Waals surface area contributed by atoms with Crippen molar-refractivity contribution >= 4 is 0 Å². The summed E-state index contributed by atoms with van der Waals surface area (Å²) >= 11 is 0. The molecule has 1 unspecified atom stereocenters. The molecule has 0 aromatic rings. The van der Waals surface area contributed by atoms with Gasteiger partial charge in [-0.1, -0.05) is 0 Å². The van der Waals surface area contributed by atoms with E-state index in [4.69, 9.17) is 67.3 Å². The van der Waals surface area contributed by atoms with Crippen LogP contribution in [0.5, 0.6) is 0 Å². The van der Waals surface area contributed by atoms with Crippen molar-refractivity contribution in [3.05, 3.63) is 0 Å². The van der Waals surface area contributed by atoms with Crippen LogP contribution in [0.1, 0.15) is 6.92 Å². The minimum Gasteiger partial charge on any atom is -0.394 e. The van der Waals surface area contributed by atoms with Crippen LogP contribution < -0.4 is 5.73 Å². The number of rotatable bonds is 8. The van der Waals surface area contributed by atoms with Gasteiger partial charge in [0.15, 0.2) is 37.7 Å². The van der Waals surface area contributed by atoms with Crippen LogP contribution in [0.2, 0.25) is 0 Å². The molecule has 22 rings (SSSR count). The Morgan fingerprint density at radius 3 is 0.696 bits per heavy atom. The average molecular weight is 1020 g/mol. The zero-order valence-corrected chi connectivity index (χ0v) is 36.6. The molecule has 31 heteroatoms. The maximum Gasteiger partial charge on any atom is 0.187 e. The van der Waals surface area contributed by atoms with E-state index in [-0.39, 0.29) is 0 Å². The Labute approximate surface area is 391 Å². The Morgan fingerprint density at radius 1 is 0.304 bits per heavy atom. The van der Waals surface area contributed by atoms with Crippen LogP contribution in [0.4, 0.5) is 0 Å². The lowest BCUT2D eigenvalue weighted by atomic mass is 9.94. The van der Waals surface area contributed by atoms with Gasteiger partial charge in [0, 0.05) is 0 Å². The standard InChI is InChI=1S/C38H65NO30/c1-8(39)57-32-25(56)38-63-14(7-45)31(32)69-37-24(55)19(50)29(12(5-43)62-37)67-35-22(53)17(48)27(10(3-41)60-35)65-33-20(51)15(46)26(9(2-40)58-33)64-34-21(52)16(47)28(11(4-42)59-34)66-36-23(54)18(49)30(68-38)13(6-44)61-36/h8-38,40-56H,2-7,39H2,1H3/t8?,9-,10-,11-,12-,13-,14-,15-,16-,17-,18-,19-,20-,21-,22-,23-,24-,25-,26-,27-,28-,29-,30-,31+,32-,33-,34-,35-,36-,37-,38-/m1/s1. The molecule has 19 N–H and O–H groups in total. The average Bonchev–Trinajstić information content (AvgIpc) is 3.33. The van der Waals surface area contributed by atoms with E-state index >= 15 is 0 Å². The lowest BCUT2D eigenvalue weighted by Gasteiger charge is -2.51. The third-order valence-electron chi connectivity index (χ3n) is 13.0. The Morgan fingerprint density at radius 2 is 0.493 bits per heavy atom. The molecule has 69 heavy (non-hydrogen) atoms. The van der Waals surface area contributed by atoms with Gasteiger partial charge in [-0.2, -0.15) is 0 Å². The highest BCUT2D eigenvalue weighted by atomic mass is 16.8. The van der Waals surface area contributed by atoms with Crippen LogP contribution in [0.3, 0.4) is 0 Å². The van der Waals surface area contributed by atoms with Crippen molar-refractivity contribution in [3.8, 4) is 0 Å². The maximum atomic E-state index is 11.6. The van der Waals surface area contributed by atoms with Crippen molar-refractivity contribution in [3.63, 3.8) is 0 Å². The molecule has 22 aliphatic rings. The number of hydrogen-bond donors (Lipinski definition) is 18. The number of nitrogens with two attached hydrogens (primary N) is 1. The monoisotopic (exact) mass is 1020 g/mol. The first kappa shape index (κ1) is 55.5. The van der Waals surface area contributed by atoms with Gasteiger partial charge >= 0.3 is 0 Å². The van der Waals surface area contributed by atoms with Crippen LogP contribution in [-0.4, -0.2) is 317 Å². The van der Waals surface area contributed by atoms with Gasteiger partial charge in [-0.25, -0.2) is 0 Å². The summed E-state index contributed by atoms with van der Waals surface area (Å²) in [7, 11) is 0. The quantitative estimate of drug-likeness (QED) is 0.100. The van der Waals surface area contributed by atoms with Crippen LogP contribution in [0.25, 0.3) is 0 Å². The predicted molar refractivity (Wildman–Crippen MR) is 208 cm³/mol. The summed E-state index contributed by atoms with van der Waals surface area (Å²) in [4.78, 5) is 0. The molecular weight excluding hydrogens is 950 g/mol. The van der Waals surface area contributed by atoms with Crippen molar-refractivity contribution in [2.45, 2.75) is 197 Å². The summed E-state index contributed by atoms with van der Waals surface area (Å²) in [5.74, 6) is 0. The second-order valence-electron chi connectivity index (χ2n) is 17.7. The molecule has 22 saturated heterocycles. The Kier molecular flexibility index (Phi) is 18.9. The second kappa shape index (κ2) is 23.5. The summed E-state index contributed by atoms with van der Waals surface area (Å²) in [5, 5.41) is 187. The third kappa shape index (κ3) is 11.1. The molecule has 0 aromatic carbocycles. The zero-order chi connectivity index (χ0) is 50.3. The third-order valence-corrected chi connectivity index (χ3v) is 13.0. The van der Waals surface area contributed by atoms with Gasteiger partial charge < -0.3 is 154 Å². The second-order valence-corrected chi connectivity index (χ2v) is 17.7. The van der Waals surface area contributed by atoms with Gasteiger partial charge in [0.1, 0.15) is 153 Å². The predicted octanol–water partition coefficient (Wildman–Crippen LogP) is -12.7. The van der Waals surface area contributed by atoms with Gasteiger partial charge in [0.05, 0.1) is 39.6 Å².